The van der Waals surface area contributed by atoms with Crippen LogP contribution in [0.2, 0.25) is 0 Å². The van der Waals surface area contributed by atoms with Crippen molar-refractivity contribution in [2.75, 3.05) is 0 Å². The van der Waals surface area contributed by atoms with Gasteiger partial charge >= 0.3 is 0 Å². The van der Waals surface area contributed by atoms with Gasteiger partial charge in [-0.25, -0.2) is 19.9 Å². The number of aromatic nitrogens is 5. The topological polar surface area (TPSA) is 69.6 Å². The maximum absolute atomic E-state index is 6.26. The van der Waals surface area contributed by atoms with Crippen LogP contribution in [-0.4, -0.2) is 24.5 Å². The third kappa shape index (κ3) is 5.13. The van der Waals surface area contributed by atoms with Crippen molar-refractivity contribution in [3.05, 3.63) is 176 Å². The van der Waals surface area contributed by atoms with Crippen molar-refractivity contribution in [1.29, 1.82) is 0 Å². The van der Waals surface area contributed by atoms with E-state index in [2.05, 4.69) is 77.4 Å². The van der Waals surface area contributed by atoms with E-state index in [0.29, 0.717) is 23.4 Å². The zero-order valence-corrected chi connectivity index (χ0v) is 27.9. The molecule has 6 nitrogen and oxygen atoms in total. The zero-order chi connectivity index (χ0) is 34.4. The molecule has 0 radical (unpaired) electrons. The van der Waals surface area contributed by atoms with Gasteiger partial charge in [0.15, 0.2) is 23.1 Å². The summed E-state index contributed by atoms with van der Waals surface area (Å²) in [6.07, 6.45) is 0. The number of nitrogens with zero attached hydrogens (tertiary/aromatic N) is 5. The molecule has 0 atom stereocenters. The van der Waals surface area contributed by atoms with E-state index in [-0.39, 0.29) is 0 Å². The van der Waals surface area contributed by atoms with Crippen molar-refractivity contribution < 1.29 is 4.42 Å². The summed E-state index contributed by atoms with van der Waals surface area (Å²) >= 11 is 0. The number of hydrogen-bond donors (Lipinski definition) is 0. The molecule has 0 fully saturated rings. The number of para-hydroxylation sites is 2. The van der Waals surface area contributed by atoms with Gasteiger partial charge in [0.05, 0.1) is 11.0 Å². The Morgan fingerprint density at radius 1 is 0.404 bits per heavy atom. The van der Waals surface area contributed by atoms with Gasteiger partial charge in [0.1, 0.15) is 5.52 Å². The SMILES string of the molecule is c1ccc(-c2nc(-c3ccccc3)nc(-c3cccc4c5ccc(-c6ccc7nc(-c8ccccc8)oc7c6)cc5n(-c5ccccc5)c34)n2)cc1. The Morgan fingerprint density at radius 2 is 0.981 bits per heavy atom. The van der Waals surface area contributed by atoms with Crippen molar-refractivity contribution in [2.24, 2.45) is 0 Å². The average Bonchev–Trinajstić information content (AvgIpc) is 3.81. The number of oxazole rings is 1. The van der Waals surface area contributed by atoms with Crippen molar-refractivity contribution >= 4 is 32.9 Å². The largest absolute Gasteiger partial charge is 0.436 e. The Labute approximate surface area is 299 Å². The molecule has 0 amide bonds. The molecule has 0 aliphatic heterocycles. The minimum Gasteiger partial charge on any atom is -0.436 e. The molecule has 0 N–H and O–H groups in total. The van der Waals surface area contributed by atoms with Crippen LogP contribution < -0.4 is 0 Å². The first-order chi connectivity index (χ1) is 25.8. The highest BCUT2D eigenvalue weighted by molar-refractivity contribution is 6.14. The molecule has 3 aromatic heterocycles. The fourth-order valence-electron chi connectivity index (χ4n) is 7.01. The molecule has 10 rings (SSSR count). The molecule has 244 valence electrons. The molecule has 52 heavy (non-hydrogen) atoms. The molecule has 0 saturated carbocycles. The van der Waals surface area contributed by atoms with Crippen molar-refractivity contribution in [3.8, 4) is 62.4 Å². The summed E-state index contributed by atoms with van der Waals surface area (Å²) in [5.74, 6) is 2.49. The van der Waals surface area contributed by atoms with Gasteiger partial charge in [-0.15, -0.1) is 0 Å². The highest BCUT2D eigenvalue weighted by Gasteiger charge is 2.21. The standard InChI is InChI=1S/C46H29N5O/c1-5-14-30(15-6-1)43-48-44(31-16-7-2-8-17-31)50-45(49-43)38-23-13-22-37-36-26-24-33(28-40(36)51(42(37)38)35-20-11-4-12-21-35)34-25-27-39-41(29-34)52-46(47-39)32-18-9-3-10-19-32/h1-29H. The van der Waals surface area contributed by atoms with Crippen LogP contribution in [0, 0.1) is 0 Å². The second-order valence-electron chi connectivity index (χ2n) is 12.7. The van der Waals surface area contributed by atoms with Gasteiger partial charge < -0.3 is 8.98 Å². The second-order valence-corrected chi connectivity index (χ2v) is 12.7. The van der Waals surface area contributed by atoms with Crippen LogP contribution in [0.25, 0.3) is 95.3 Å². The summed E-state index contributed by atoms with van der Waals surface area (Å²) in [4.78, 5) is 19.9. The van der Waals surface area contributed by atoms with Crippen LogP contribution in [0.3, 0.4) is 0 Å². The summed E-state index contributed by atoms with van der Waals surface area (Å²) in [6.45, 7) is 0. The first-order valence-corrected chi connectivity index (χ1v) is 17.2. The lowest BCUT2D eigenvalue weighted by Crippen LogP contribution is -2.02. The number of rotatable bonds is 6. The third-order valence-electron chi connectivity index (χ3n) is 9.49. The van der Waals surface area contributed by atoms with Crippen LogP contribution in [0.1, 0.15) is 0 Å². The number of benzene rings is 7. The van der Waals surface area contributed by atoms with E-state index in [1.807, 2.05) is 103 Å². The van der Waals surface area contributed by atoms with Crippen LogP contribution in [-0.2, 0) is 0 Å². The quantitative estimate of drug-likeness (QED) is 0.176. The second kappa shape index (κ2) is 12.3. The van der Waals surface area contributed by atoms with Crippen LogP contribution in [0.15, 0.2) is 180 Å². The van der Waals surface area contributed by atoms with Gasteiger partial charge in [-0.1, -0.05) is 127 Å². The average molecular weight is 668 g/mol. The first kappa shape index (κ1) is 29.7. The Bertz CT molecular complexity index is 2820. The molecule has 0 aliphatic rings. The summed E-state index contributed by atoms with van der Waals surface area (Å²) in [5.41, 5.74) is 10.6. The smallest absolute Gasteiger partial charge is 0.227 e. The summed E-state index contributed by atoms with van der Waals surface area (Å²) < 4.78 is 8.59. The van der Waals surface area contributed by atoms with Crippen molar-refractivity contribution in [3.63, 3.8) is 0 Å². The minimum absolute atomic E-state index is 0.614. The maximum atomic E-state index is 6.26. The molecule has 0 aliphatic carbocycles. The number of hydrogen-bond acceptors (Lipinski definition) is 5. The van der Waals surface area contributed by atoms with Crippen LogP contribution in [0.5, 0.6) is 0 Å². The van der Waals surface area contributed by atoms with Gasteiger partial charge in [-0.05, 0) is 59.7 Å². The lowest BCUT2D eigenvalue weighted by molar-refractivity contribution is 0.620. The first-order valence-electron chi connectivity index (χ1n) is 17.2. The molecule has 0 spiro atoms. The zero-order valence-electron chi connectivity index (χ0n) is 27.9. The molecular weight excluding hydrogens is 639 g/mol. The minimum atomic E-state index is 0.614. The van der Waals surface area contributed by atoms with Gasteiger partial charge in [0.25, 0.3) is 0 Å². The van der Waals surface area contributed by atoms with Gasteiger partial charge in [0, 0.05) is 38.7 Å². The third-order valence-corrected chi connectivity index (χ3v) is 9.49. The molecule has 6 heteroatoms. The fourth-order valence-corrected chi connectivity index (χ4v) is 7.01. The van der Waals surface area contributed by atoms with E-state index in [1.54, 1.807) is 0 Å². The Morgan fingerprint density at radius 3 is 1.65 bits per heavy atom. The number of fused-ring (bicyclic) bond motifs is 4. The van der Waals surface area contributed by atoms with Crippen LogP contribution >= 0.6 is 0 Å². The van der Waals surface area contributed by atoms with E-state index in [4.69, 9.17) is 24.4 Å². The van der Waals surface area contributed by atoms with E-state index in [1.165, 1.54) is 0 Å². The molecule has 7 aromatic carbocycles. The molecule has 0 bridgehead atoms. The fraction of sp³-hybridized carbons (Fsp3) is 0. The van der Waals surface area contributed by atoms with Crippen molar-refractivity contribution in [2.45, 2.75) is 0 Å². The molecule has 0 saturated heterocycles. The lowest BCUT2D eigenvalue weighted by atomic mass is 10.0. The predicted molar refractivity (Wildman–Crippen MR) is 209 cm³/mol. The monoisotopic (exact) mass is 667 g/mol. The maximum Gasteiger partial charge on any atom is 0.227 e. The summed E-state index contributed by atoms with van der Waals surface area (Å²) in [7, 11) is 0. The van der Waals surface area contributed by atoms with Gasteiger partial charge in [-0.2, -0.15) is 0 Å². The normalized spacial score (nSPS) is 11.5. The lowest BCUT2D eigenvalue weighted by Gasteiger charge is -2.13. The molecule has 0 unspecified atom stereocenters. The van der Waals surface area contributed by atoms with E-state index in [9.17, 15) is 0 Å². The highest BCUT2D eigenvalue weighted by Crippen LogP contribution is 2.40. The van der Waals surface area contributed by atoms with Gasteiger partial charge in [0.2, 0.25) is 5.89 Å². The summed E-state index contributed by atoms with van der Waals surface area (Å²) in [6, 6.07) is 60.0. The Hall–Kier alpha value is -7.18. The molecular formula is C46H29N5O. The van der Waals surface area contributed by atoms with E-state index < -0.39 is 0 Å². The molecule has 3 heterocycles. The van der Waals surface area contributed by atoms with Crippen LogP contribution in [0.4, 0.5) is 0 Å². The summed E-state index contributed by atoms with van der Waals surface area (Å²) in [5, 5.41) is 2.25. The van der Waals surface area contributed by atoms with E-state index >= 15 is 0 Å². The molecule has 10 aromatic rings. The predicted octanol–water partition coefficient (Wildman–Crippen LogP) is 11.4. The van der Waals surface area contributed by atoms with Gasteiger partial charge in [-0.3, -0.25) is 0 Å². The Balaban J connectivity index is 1.19. The van der Waals surface area contributed by atoms with E-state index in [0.717, 1.165) is 72.0 Å². The highest BCUT2D eigenvalue weighted by atomic mass is 16.3. The Kier molecular flexibility index (Phi) is 7.03. The van der Waals surface area contributed by atoms with Crippen molar-refractivity contribution in [1.82, 2.24) is 24.5 Å².